The molecule has 6 rings (SSSR count). The van der Waals surface area contributed by atoms with Crippen molar-refractivity contribution >= 4 is 11.5 Å². The number of nitrogens with one attached hydrogen (secondary N) is 1. The molecule has 3 aromatic carbocycles. The molecule has 0 fully saturated rings. The Morgan fingerprint density at radius 2 is 1.36 bits per heavy atom. The fraction of sp³-hybridized carbons (Fsp3) is 0.200. The number of fused-ring (bicyclic) bond motifs is 2. The predicted molar refractivity (Wildman–Crippen MR) is 140 cm³/mol. The number of halogens is 3. The maximum Gasteiger partial charge on any atom is 0.408 e. The molecule has 2 N–H and O–H groups in total. The van der Waals surface area contributed by atoms with Crippen molar-refractivity contribution in [1.29, 1.82) is 0 Å². The number of rotatable bonds is 6. The minimum absolute atomic E-state index is 0.240. The van der Waals surface area contributed by atoms with E-state index in [2.05, 4.69) is 15.5 Å². The van der Waals surface area contributed by atoms with Crippen molar-refractivity contribution in [1.82, 2.24) is 20.2 Å². The Kier molecular flexibility index (Phi) is 6.03. The van der Waals surface area contributed by atoms with Crippen molar-refractivity contribution in [2.24, 2.45) is 0 Å². The normalized spacial score (nSPS) is 15.6. The first-order chi connectivity index (χ1) is 18.8. The summed E-state index contributed by atoms with van der Waals surface area (Å²) in [6, 6.07) is 29.9. The van der Waals surface area contributed by atoms with E-state index < -0.39 is 24.2 Å². The summed E-state index contributed by atoms with van der Waals surface area (Å²) in [5.74, 6) is -1.33. The molecular formula is C30H25F3N4O2. The summed E-state index contributed by atoms with van der Waals surface area (Å²) in [5.41, 5.74) is 7.30. The second-order valence-corrected chi connectivity index (χ2v) is 9.72. The molecule has 6 nitrogen and oxygen atoms in total. The lowest BCUT2D eigenvalue weighted by Gasteiger charge is -2.43. The highest BCUT2D eigenvalue weighted by Gasteiger charge is 2.47. The second-order valence-electron chi connectivity index (χ2n) is 9.72. The van der Waals surface area contributed by atoms with E-state index in [1.165, 1.54) is 0 Å². The predicted octanol–water partition coefficient (Wildman–Crippen LogP) is 5.61. The van der Waals surface area contributed by atoms with E-state index >= 15 is 0 Å². The first-order valence-corrected chi connectivity index (χ1v) is 12.6. The van der Waals surface area contributed by atoms with Gasteiger partial charge in [0.1, 0.15) is 12.1 Å². The average Bonchev–Trinajstić information content (AvgIpc) is 3.52. The topological polar surface area (TPSA) is 70.4 Å². The Hall–Kier alpha value is -4.37. The van der Waals surface area contributed by atoms with E-state index in [0.29, 0.717) is 17.6 Å². The van der Waals surface area contributed by atoms with Gasteiger partial charge in [0.2, 0.25) is 0 Å². The molecule has 39 heavy (non-hydrogen) atoms. The largest absolute Gasteiger partial charge is 0.476 e. The maximum absolute atomic E-state index is 13.5. The zero-order chi connectivity index (χ0) is 27.2. The van der Waals surface area contributed by atoms with Crippen LogP contribution in [-0.2, 0) is 18.5 Å². The van der Waals surface area contributed by atoms with E-state index in [1.54, 1.807) is 0 Å². The summed E-state index contributed by atoms with van der Waals surface area (Å²) in [4.78, 5) is 11.9. The molecule has 0 amide bonds. The highest BCUT2D eigenvalue weighted by Crippen LogP contribution is 2.46. The molecule has 0 unspecified atom stereocenters. The Balaban J connectivity index is 1.54. The van der Waals surface area contributed by atoms with E-state index in [0.717, 1.165) is 27.1 Å². The van der Waals surface area contributed by atoms with Gasteiger partial charge in [-0.15, -0.1) is 0 Å². The number of carboxylic acid groups (broad SMARTS) is 1. The van der Waals surface area contributed by atoms with Gasteiger partial charge in [0.05, 0.1) is 5.69 Å². The molecule has 0 saturated heterocycles. The molecule has 198 valence electrons. The lowest BCUT2D eigenvalue weighted by molar-refractivity contribution is -0.142. The third kappa shape index (κ3) is 4.19. The van der Waals surface area contributed by atoms with E-state index in [4.69, 9.17) is 0 Å². The summed E-state index contributed by atoms with van der Waals surface area (Å²) in [5, 5.41) is 15.7. The lowest BCUT2D eigenvalue weighted by atomic mass is 9.76. The number of carbonyl (C=O) groups is 1. The Morgan fingerprint density at radius 1 is 0.846 bits per heavy atom. The number of carboxylic acids is 1. The number of allylic oxidation sites excluding steroid dienone is 1. The molecule has 1 aliphatic carbocycles. The highest BCUT2D eigenvalue weighted by molar-refractivity contribution is 5.90. The van der Waals surface area contributed by atoms with Crippen LogP contribution in [0, 0.1) is 0 Å². The van der Waals surface area contributed by atoms with Crippen LogP contribution >= 0.6 is 0 Å². The summed E-state index contributed by atoms with van der Waals surface area (Å²) in [7, 11) is 0. The molecule has 0 saturated carbocycles. The SMILES string of the molecule is O=C(O)c1nn(CC(F)(F)F)c2c1CCC1=C2CN(C(c2ccccc2)(c2ccccc2)c2ccccc2)N1. The minimum atomic E-state index is -4.55. The van der Waals surface area contributed by atoms with Crippen molar-refractivity contribution in [3.63, 3.8) is 0 Å². The van der Waals surface area contributed by atoms with Gasteiger partial charge in [0.25, 0.3) is 0 Å². The second kappa shape index (κ2) is 9.43. The van der Waals surface area contributed by atoms with Crippen LogP contribution in [0.5, 0.6) is 0 Å². The van der Waals surface area contributed by atoms with Gasteiger partial charge in [0, 0.05) is 23.4 Å². The molecule has 1 aliphatic heterocycles. The molecule has 2 heterocycles. The van der Waals surface area contributed by atoms with Gasteiger partial charge >= 0.3 is 12.1 Å². The molecule has 0 spiro atoms. The number of aromatic nitrogens is 2. The van der Waals surface area contributed by atoms with Crippen molar-refractivity contribution in [2.45, 2.75) is 31.1 Å². The van der Waals surface area contributed by atoms with Gasteiger partial charge < -0.3 is 10.5 Å². The number of hydrogen-bond acceptors (Lipinski definition) is 4. The van der Waals surface area contributed by atoms with E-state index in [-0.39, 0.29) is 24.4 Å². The molecule has 2 aliphatic rings. The molecule has 1 aromatic heterocycles. The minimum Gasteiger partial charge on any atom is -0.476 e. The van der Waals surface area contributed by atoms with Crippen LogP contribution < -0.4 is 5.43 Å². The van der Waals surface area contributed by atoms with Crippen molar-refractivity contribution in [3.8, 4) is 0 Å². The van der Waals surface area contributed by atoms with Gasteiger partial charge in [0.15, 0.2) is 5.69 Å². The zero-order valence-electron chi connectivity index (χ0n) is 20.8. The molecule has 0 bridgehead atoms. The van der Waals surface area contributed by atoms with Crippen LogP contribution in [-0.4, -0.2) is 38.6 Å². The van der Waals surface area contributed by atoms with Crippen LogP contribution in [0.25, 0.3) is 5.57 Å². The summed E-state index contributed by atoms with van der Waals surface area (Å²) >= 11 is 0. The molecule has 9 heteroatoms. The number of alkyl halides is 3. The van der Waals surface area contributed by atoms with Crippen molar-refractivity contribution in [2.75, 3.05) is 6.54 Å². The molecule has 0 radical (unpaired) electrons. The van der Waals surface area contributed by atoms with Crippen LogP contribution in [0.2, 0.25) is 0 Å². The number of hydrazine groups is 1. The lowest BCUT2D eigenvalue weighted by Crippen LogP contribution is -2.52. The van der Waals surface area contributed by atoms with Crippen LogP contribution in [0.4, 0.5) is 13.2 Å². The van der Waals surface area contributed by atoms with Gasteiger partial charge in [-0.25, -0.2) is 4.79 Å². The van der Waals surface area contributed by atoms with E-state index in [9.17, 15) is 23.1 Å². The Bertz CT molecular complexity index is 1450. The molecule has 0 atom stereocenters. The van der Waals surface area contributed by atoms with Crippen molar-refractivity contribution in [3.05, 3.63) is 130 Å². The fourth-order valence-corrected chi connectivity index (χ4v) is 5.94. The maximum atomic E-state index is 13.5. The third-order valence-electron chi connectivity index (χ3n) is 7.42. The quantitative estimate of drug-likeness (QED) is 0.317. The number of aromatic carboxylic acids is 1. The third-order valence-corrected chi connectivity index (χ3v) is 7.42. The van der Waals surface area contributed by atoms with Gasteiger partial charge in [-0.2, -0.15) is 23.3 Å². The zero-order valence-corrected chi connectivity index (χ0v) is 20.8. The first kappa shape index (κ1) is 24.9. The highest BCUT2D eigenvalue weighted by atomic mass is 19.4. The van der Waals surface area contributed by atoms with Crippen LogP contribution in [0.15, 0.2) is 96.7 Å². The summed E-state index contributed by atoms with van der Waals surface area (Å²) < 4.78 is 41.4. The smallest absolute Gasteiger partial charge is 0.408 e. The van der Waals surface area contributed by atoms with Crippen LogP contribution in [0.1, 0.15) is 44.9 Å². The number of benzene rings is 3. The van der Waals surface area contributed by atoms with Gasteiger partial charge in [-0.1, -0.05) is 91.0 Å². The van der Waals surface area contributed by atoms with Crippen LogP contribution in [0.3, 0.4) is 0 Å². The monoisotopic (exact) mass is 530 g/mol. The first-order valence-electron chi connectivity index (χ1n) is 12.6. The Labute approximate surface area is 223 Å². The Morgan fingerprint density at radius 3 is 1.82 bits per heavy atom. The fourth-order valence-electron chi connectivity index (χ4n) is 5.94. The molecular weight excluding hydrogens is 505 g/mol. The molecule has 4 aromatic rings. The standard InChI is InChI=1S/C30H25F3N4O2/c31-29(32,33)19-36-27-23(26(35-36)28(38)39)16-17-25-24(27)18-37(34-25)30(20-10-4-1-5-11-20,21-12-6-2-7-13-21)22-14-8-3-9-15-22/h1-15,34H,16-19H2,(H,38,39). The van der Waals surface area contributed by atoms with Gasteiger partial charge in [-0.05, 0) is 29.5 Å². The summed E-state index contributed by atoms with van der Waals surface area (Å²) in [6.45, 7) is -1.12. The van der Waals surface area contributed by atoms with E-state index in [1.807, 2.05) is 91.0 Å². The summed E-state index contributed by atoms with van der Waals surface area (Å²) in [6.07, 6.45) is -3.81. The van der Waals surface area contributed by atoms with Gasteiger partial charge in [-0.3, -0.25) is 4.68 Å². The van der Waals surface area contributed by atoms with Crippen molar-refractivity contribution < 1.29 is 23.1 Å². The number of nitrogens with zero attached hydrogens (tertiary/aromatic N) is 3. The average molecular weight is 531 g/mol. The number of hydrogen-bond donors (Lipinski definition) is 2.